The first kappa shape index (κ1) is 8.60. The number of rotatable bonds is 1. The van der Waals surface area contributed by atoms with E-state index in [2.05, 4.69) is 4.85 Å². The molecule has 0 atom stereocenters. The predicted molar refractivity (Wildman–Crippen MR) is 37.6 cm³/mol. The molecular formula is C8H4F3N. The lowest BCUT2D eigenvalue weighted by Gasteiger charge is -1.99. The van der Waals surface area contributed by atoms with Gasteiger partial charge in [-0.2, -0.15) is 0 Å². The summed E-state index contributed by atoms with van der Waals surface area (Å²) >= 11 is 0. The summed E-state index contributed by atoms with van der Waals surface area (Å²) in [5.41, 5.74) is -0.564. The summed E-state index contributed by atoms with van der Waals surface area (Å²) in [6, 6.07) is 2.61. The molecule has 0 unspecified atom stereocenters. The molecule has 1 rings (SSSR count). The second kappa shape index (κ2) is 3.26. The third kappa shape index (κ3) is 1.76. The highest BCUT2D eigenvalue weighted by Gasteiger charge is 2.09. The molecule has 0 aliphatic carbocycles. The van der Waals surface area contributed by atoms with Crippen molar-refractivity contribution in [3.8, 4) is 0 Å². The number of benzene rings is 1. The number of halogens is 3. The average molecular weight is 171 g/mol. The van der Waals surface area contributed by atoms with Crippen molar-refractivity contribution in [3.63, 3.8) is 0 Å². The predicted octanol–water partition coefficient (Wildman–Crippen LogP) is 3.31. The Labute approximate surface area is 67.3 Å². The molecule has 0 aromatic heterocycles. The van der Waals surface area contributed by atoms with E-state index in [4.69, 9.17) is 6.57 Å². The summed E-state index contributed by atoms with van der Waals surface area (Å²) in [7, 11) is 0. The zero-order chi connectivity index (χ0) is 9.14. The Morgan fingerprint density at radius 1 is 1.25 bits per heavy atom. The minimum Gasteiger partial charge on any atom is -0.238 e. The van der Waals surface area contributed by atoms with Crippen LogP contribution in [0.3, 0.4) is 0 Å². The Morgan fingerprint density at radius 2 is 1.92 bits per heavy atom. The van der Waals surface area contributed by atoms with Crippen LogP contribution in [0.4, 0.5) is 18.9 Å². The SMILES string of the molecule is [C-]#[N+]c1cc(F)cc(C(F)F)c1. The first-order chi connectivity index (χ1) is 5.63. The molecule has 0 N–H and O–H groups in total. The lowest BCUT2D eigenvalue weighted by molar-refractivity contribution is 0.151. The third-order valence-electron chi connectivity index (χ3n) is 1.29. The van der Waals surface area contributed by atoms with Crippen molar-refractivity contribution in [2.45, 2.75) is 6.43 Å². The molecule has 0 spiro atoms. The van der Waals surface area contributed by atoms with Gasteiger partial charge in [0, 0.05) is 5.56 Å². The maximum atomic E-state index is 12.5. The number of alkyl halides is 2. The fourth-order valence-corrected chi connectivity index (χ4v) is 0.787. The highest BCUT2D eigenvalue weighted by Crippen LogP contribution is 2.24. The first-order valence-corrected chi connectivity index (χ1v) is 3.09. The molecular weight excluding hydrogens is 167 g/mol. The highest BCUT2D eigenvalue weighted by molar-refractivity contribution is 5.47. The summed E-state index contributed by atoms with van der Waals surface area (Å²) in [5.74, 6) is -0.807. The zero-order valence-corrected chi connectivity index (χ0v) is 5.89. The number of nitrogens with zero attached hydrogens (tertiary/aromatic N) is 1. The highest BCUT2D eigenvalue weighted by atomic mass is 19.3. The van der Waals surface area contributed by atoms with E-state index in [0.717, 1.165) is 18.2 Å². The van der Waals surface area contributed by atoms with Gasteiger partial charge in [-0.3, -0.25) is 0 Å². The first-order valence-electron chi connectivity index (χ1n) is 3.09. The summed E-state index contributed by atoms with van der Waals surface area (Å²) in [5, 5.41) is 0. The van der Waals surface area contributed by atoms with Crippen LogP contribution in [0.5, 0.6) is 0 Å². The molecule has 0 radical (unpaired) electrons. The van der Waals surface area contributed by atoms with Gasteiger partial charge in [-0.1, -0.05) is 0 Å². The van der Waals surface area contributed by atoms with Crippen molar-refractivity contribution in [2.24, 2.45) is 0 Å². The Balaban J connectivity index is 3.17. The molecule has 1 aromatic rings. The largest absolute Gasteiger partial charge is 0.262 e. The molecule has 1 nitrogen and oxygen atoms in total. The molecule has 0 bridgehead atoms. The topological polar surface area (TPSA) is 4.36 Å². The van der Waals surface area contributed by atoms with Crippen molar-refractivity contribution in [1.29, 1.82) is 0 Å². The van der Waals surface area contributed by atoms with E-state index in [1.54, 1.807) is 0 Å². The molecule has 0 amide bonds. The molecule has 0 heterocycles. The van der Waals surface area contributed by atoms with E-state index in [9.17, 15) is 13.2 Å². The van der Waals surface area contributed by atoms with Crippen LogP contribution in [-0.2, 0) is 0 Å². The van der Waals surface area contributed by atoms with Crippen molar-refractivity contribution in [2.75, 3.05) is 0 Å². The van der Waals surface area contributed by atoms with Crippen LogP contribution in [0.1, 0.15) is 12.0 Å². The van der Waals surface area contributed by atoms with Gasteiger partial charge in [0.05, 0.1) is 6.57 Å². The van der Waals surface area contributed by atoms with Crippen LogP contribution in [0.15, 0.2) is 18.2 Å². The van der Waals surface area contributed by atoms with Gasteiger partial charge in [-0.05, 0) is 18.2 Å². The van der Waals surface area contributed by atoms with Gasteiger partial charge in [0.25, 0.3) is 6.43 Å². The molecule has 0 aliphatic rings. The fraction of sp³-hybridized carbons (Fsp3) is 0.125. The average Bonchev–Trinajstić information content (AvgIpc) is 2.03. The monoisotopic (exact) mass is 171 g/mol. The van der Waals surface area contributed by atoms with Crippen molar-refractivity contribution >= 4 is 5.69 Å². The summed E-state index contributed by atoms with van der Waals surface area (Å²) in [6.07, 6.45) is -2.74. The van der Waals surface area contributed by atoms with Crippen LogP contribution < -0.4 is 0 Å². The Bertz CT molecular complexity index is 328. The van der Waals surface area contributed by atoms with Gasteiger partial charge in [0.2, 0.25) is 0 Å². The van der Waals surface area contributed by atoms with E-state index in [-0.39, 0.29) is 5.69 Å². The van der Waals surface area contributed by atoms with Gasteiger partial charge < -0.3 is 0 Å². The maximum absolute atomic E-state index is 12.5. The molecule has 4 heteroatoms. The third-order valence-corrected chi connectivity index (χ3v) is 1.29. The van der Waals surface area contributed by atoms with Crippen LogP contribution >= 0.6 is 0 Å². The number of hydrogen-bond acceptors (Lipinski definition) is 0. The van der Waals surface area contributed by atoms with E-state index in [1.165, 1.54) is 0 Å². The standard InChI is InChI=1S/C8H4F3N/c1-12-7-3-5(8(10)11)2-6(9)4-7/h2-4,8H. The lowest BCUT2D eigenvalue weighted by Crippen LogP contribution is -1.84. The van der Waals surface area contributed by atoms with Crippen molar-refractivity contribution in [3.05, 3.63) is 41.0 Å². The Kier molecular flexibility index (Phi) is 2.34. The van der Waals surface area contributed by atoms with Crippen LogP contribution in [0, 0.1) is 12.4 Å². The van der Waals surface area contributed by atoms with Gasteiger partial charge in [-0.25, -0.2) is 18.0 Å². The van der Waals surface area contributed by atoms with Gasteiger partial charge in [0.15, 0.2) is 5.69 Å². The Hall–Kier alpha value is -1.50. The summed E-state index contributed by atoms with van der Waals surface area (Å²) in [4.78, 5) is 2.85. The molecule has 0 fully saturated rings. The zero-order valence-electron chi connectivity index (χ0n) is 5.89. The summed E-state index contributed by atoms with van der Waals surface area (Å²) in [6.45, 7) is 6.49. The van der Waals surface area contributed by atoms with E-state index >= 15 is 0 Å². The molecule has 0 saturated heterocycles. The van der Waals surface area contributed by atoms with E-state index in [1.807, 2.05) is 0 Å². The van der Waals surface area contributed by atoms with Gasteiger partial charge in [-0.15, -0.1) is 0 Å². The Morgan fingerprint density at radius 3 is 2.42 bits per heavy atom. The molecule has 1 aromatic carbocycles. The van der Waals surface area contributed by atoms with Crippen LogP contribution in [-0.4, -0.2) is 0 Å². The smallest absolute Gasteiger partial charge is 0.238 e. The lowest BCUT2D eigenvalue weighted by atomic mass is 10.2. The fourth-order valence-electron chi connectivity index (χ4n) is 0.787. The summed E-state index contributed by atoms with van der Waals surface area (Å²) < 4.78 is 36.5. The van der Waals surface area contributed by atoms with E-state index in [0.29, 0.717) is 0 Å². The minimum atomic E-state index is -2.74. The van der Waals surface area contributed by atoms with E-state index < -0.39 is 17.8 Å². The quantitative estimate of drug-likeness (QED) is 0.571. The second-order valence-electron chi connectivity index (χ2n) is 2.16. The molecule has 0 aliphatic heterocycles. The normalized spacial score (nSPS) is 9.92. The van der Waals surface area contributed by atoms with Crippen molar-refractivity contribution < 1.29 is 13.2 Å². The number of hydrogen-bond donors (Lipinski definition) is 0. The van der Waals surface area contributed by atoms with Crippen LogP contribution in [0.2, 0.25) is 0 Å². The van der Waals surface area contributed by atoms with Gasteiger partial charge in [0.1, 0.15) is 5.82 Å². The minimum absolute atomic E-state index is 0.106. The molecule has 62 valence electrons. The van der Waals surface area contributed by atoms with Crippen molar-refractivity contribution in [1.82, 2.24) is 0 Å². The van der Waals surface area contributed by atoms with Crippen LogP contribution in [0.25, 0.3) is 4.85 Å². The maximum Gasteiger partial charge on any atom is 0.262 e. The molecule has 12 heavy (non-hydrogen) atoms. The second-order valence-corrected chi connectivity index (χ2v) is 2.16. The van der Waals surface area contributed by atoms with Gasteiger partial charge >= 0.3 is 0 Å². The molecule has 0 saturated carbocycles.